The van der Waals surface area contributed by atoms with Gasteiger partial charge in [0.05, 0.1) is 0 Å². The molecule has 1 atom stereocenters. The lowest BCUT2D eigenvalue weighted by Gasteiger charge is -2.10. The number of anilines is 1. The summed E-state index contributed by atoms with van der Waals surface area (Å²) < 4.78 is 7.00. The van der Waals surface area contributed by atoms with Crippen LogP contribution in [0.3, 0.4) is 0 Å². The first-order chi connectivity index (χ1) is 15.4. The molecule has 0 aliphatic rings. The quantitative estimate of drug-likeness (QED) is 0.211. The van der Waals surface area contributed by atoms with Crippen LogP contribution in [-0.2, 0) is 0 Å². The summed E-state index contributed by atoms with van der Waals surface area (Å²) in [5, 5.41) is 5.96. The number of benzene rings is 3. The number of aromatic nitrogens is 1. The fourth-order valence-corrected chi connectivity index (χ4v) is 3.82. The van der Waals surface area contributed by atoms with Crippen LogP contribution in [-0.4, -0.2) is 16.0 Å². The molecule has 1 heterocycles. The fraction of sp³-hybridized carbons (Fsp3) is 0.160. The van der Waals surface area contributed by atoms with Gasteiger partial charge in [-0.1, -0.05) is 19.9 Å². The van der Waals surface area contributed by atoms with Gasteiger partial charge in [0.25, 0.3) is 5.91 Å². The molecule has 0 aliphatic carbocycles. The minimum Gasteiger partial charge on any atom is -0.436 e. The highest BCUT2D eigenvalue weighted by Gasteiger charge is 2.12. The Balaban J connectivity index is 1.43. The zero-order valence-corrected chi connectivity index (χ0v) is 20.7. The van der Waals surface area contributed by atoms with Crippen molar-refractivity contribution in [2.24, 2.45) is 0 Å². The summed E-state index contributed by atoms with van der Waals surface area (Å²) in [5.74, 6) is 0.807. The SMILES string of the molecule is CC[C@@H](C)c1ccc2oc(-c3ccc(NC(=S)NC(=O)c4ccc(I)cc4)cc3)nc2c1. The van der Waals surface area contributed by atoms with E-state index >= 15 is 0 Å². The van der Waals surface area contributed by atoms with Crippen LogP contribution >= 0.6 is 34.8 Å². The number of amides is 1. The van der Waals surface area contributed by atoms with Crippen LogP contribution < -0.4 is 10.6 Å². The van der Waals surface area contributed by atoms with Crippen molar-refractivity contribution in [1.29, 1.82) is 0 Å². The molecule has 0 saturated heterocycles. The van der Waals surface area contributed by atoms with Gasteiger partial charge in [0.15, 0.2) is 10.7 Å². The van der Waals surface area contributed by atoms with E-state index in [2.05, 4.69) is 64.2 Å². The highest BCUT2D eigenvalue weighted by molar-refractivity contribution is 14.1. The van der Waals surface area contributed by atoms with Crippen LogP contribution in [0.1, 0.15) is 42.1 Å². The summed E-state index contributed by atoms with van der Waals surface area (Å²) in [6.45, 7) is 4.39. The molecule has 0 aliphatic heterocycles. The molecule has 7 heteroatoms. The van der Waals surface area contributed by atoms with Gasteiger partial charge in [-0.25, -0.2) is 4.98 Å². The second kappa shape index (κ2) is 9.79. The Kier molecular flexibility index (Phi) is 6.86. The van der Waals surface area contributed by atoms with Gasteiger partial charge in [0, 0.05) is 20.4 Å². The molecule has 0 radical (unpaired) electrons. The maximum atomic E-state index is 12.3. The van der Waals surface area contributed by atoms with Gasteiger partial charge in [-0.05, 0) is 113 Å². The van der Waals surface area contributed by atoms with Crippen LogP contribution in [0, 0.1) is 3.57 Å². The first kappa shape index (κ1) is 22.4. The third-order valence-electron chi connectivity index (χ3n) is 5.32. The Hall–Kier alpha value is -2.78. The standard InChI is InChI=1S/C25H22IN3O2S/c1-3-15(2)18-8-13-22-21(14-18)28-24(31-22)17-6-11-20(12-7-17)27-25(32)29-23(30)16-4-9-19(26)10-5-16/h4-15H,3H2,1-2H3,(H2,27,29,30,32)/t15-/m1/s1. The average Bonchev–Trinajstić information content (AvgIpc) is 3.22. The molecule has 32 heavy (non-hydrogen) atoms. The molecular formula is C25H22IN3O2S. The Bertz CT molecular complexity index is 1270. The van der Waals surface area contributed by atoms with E-state index in [1.165, 1.54) is 5.56 Å². The number of halogens is 1. The number of oxazole rings is 1. The van der Waals surface area contributed by atoms with Gasteiger partial charge in [0.1, 0.15) is 5.52 Å². The van der Waals surface area contributed by atoms with E-state index in [4.69, 9.17) is 16.6 Å². The number of nitrogens with one attached hydrogen (secondary N) is 2. The second-order valence-electron chi connectivity index (χ2n) is 7.55. The molecule has 1 amide bonds. The van der Waals surface area contributed by atoms with Gasteiger partial charge < -0.3 is 9.73 Å². The van der Waals surface area contributed by atoms with Crippen LogP contribution in [0.5, 0.6) is 0 Å². The molecule has 0 saturated carbocycles. The van der Waals surface area contributed by atoms with Crippen molar-refractivity contribution in [2.45, 2.75) is 26.2 Å². The molecule has 3 aromatic carbocycles. The van der Waals surface area contributed by atoms with Gasteiger partial charge in [-0.2, -0.15) is 0 Å². The van der Waals surface area contributed by atoms with E-state index in [9.17, 15) is 4.79 Å². The molecular weight excluding hydrogens is 533 g/mol. The van der Waals surface area contributed by atoms with E-state index in [1.54, 1.807) is 12.1 Å². The number of rotatable bonds is 5. The van der Waals surface area contributed by atoms with E-state index in [0.717, 1.165) is 32.3 Å². The molecule has 162 valence electrons. The summed E-state index contributed by atoms with van der Waals surface area (Å²) >= 11 is 7.47. The Morgan fingerprint density at radius 1 is 1.09 bits per heavy atom. The largest absolute Gasteiger partial charge is 0.436 e. The number of hydrogen-bond acceptors (Lipinski definition) is 4. The molecule has 0 bridgehead atoms. The molecule has 0 spiro atoms. The predicted octanol–water partition coefficient (Wildman–Crippen LogP) is 6.74. The van der Waals surface area contributed by atoms with E-state index in [0.29, 0.717) is 17.4 Å². The molecule has 0 fully saturated rings. The van der Waals surface area contributed by atoms with E-state index < -0.39 is 0 Å². The normalized spacial score (nSPS) is 11.8. The Morgan fingerprint density at radius 2 is 1.81 bits per heavy atom. The van der Waals surface area contributed by atoms with Crippen molar-refractivity contribution in [3.8, 4) is 11.5 Å². The Morgan fingerprint density at radius 3 is 2.50 bits per heavy atom. The summed E-state index contributed by atoms with van der Waals surface area (Å²) in [6, 6.07) is 21.0. The molecule has 0 unspecified atom stereocenters. The lowest BCUT2D eigenvalue weighted by atomic mass is 9.98. The summed E-state index contributed by atoms with van der Waals surface area (Å²) in [4.78, 5) is 17.0. The summed E-state index contributed by atoms with van der Waals surface area (Å²) in [7, 11) is 0. The van der Waals surface area contributed by atoms with Gasteiger partial charge in [0.2, 0.25) is 5.89 Å². The van der Waals surface area contributed by atoms with E-state index in [-0.39, 0.29) is 11.0 Å². The lowest BCUT2D eigenvalue weighted by molar-refractivity contribution is 0.0977. The van der Waals surface area contributed by atoms with Crippen LogP contribution in [0.15, 0.2) is 71.1 Å². The van der Waals surface area contributed by atoms with Crippen molar-refractivity contribution in [2.75, 3.05) is 5.32 Å². The maximum Gasteiger partial charge on any atom is 0.257 e. The highest BCUT2D eigenvalue weighted by atomic mass is 127. The summed E-state index contributed by atoms with van der Waals surface area (Å²) in [6.07, 6.45) is 1.08. The first-order valence-corrected chi connectivity index (χ1v) is 11.8. The third kappa shape index (κ3) is 5.16. The zero-order valence-electron chi connectivity index (χ0n) is 17.7. The van der Waals surface area contributed by atoms with Crippen LogP contribution in [0.2, 0.25) is 0 Å². The molecule has 2 N–H and O–H groups in total. The lowest BCUT2D eigenvalue weighted by Crippen LogP contribution is -2.34. The zero-order chi connectivity index (χ0) is 22.7. The summed E-state index contributed by atoms with van der Waals surface area (Å²) in [5.41, 5.74) is 5.08. The third-order valence-corrected chi connectivity index (χ3v) is 6.24. The van der Waals surface area contributed by atoms with Crippen molar-refractivity contribution in [3.05, 3.63) is 81.4 Å². The van der Waals surface area contributed by atoms with Gasteiger partial charge >= 0.3 is 0 Å². The molecule has 4 aromatic rings. The van der Waals surface area contributed by atoms with Crippen molar-refractivity contribution >= 4 is 62.6 Å². The minimum absolute atomic E-state index is 0.237. The van der Waals surface area contributed by atoms with Gasteiger partial charge in [-0.15, -0.1) is 0 Å². The Labute approximate surface area is 205 Å². The van der Waals surface area contributed by atoms with Crippen LogP contribution in [0.4, 0.5) is 5.69 Å². The number of carbonyl (C=O) groups is 1. The number of hydrogen-bond donors (Lipinski definition) is 2. The average molecular weight is 555 g/mol. The smallest absolute Gasteiger partial charge is 0.257 e. The maximum absolute atomic E-state index is 12.3. The highest BCUT2D eigenvalue weighted by Crippen LogP contribution is 2.28. The second-order valence-corrected chi connectivity index (χ2v) is 9.20. The number of thiocarbonyl (C=S) groups is 1. The molecule has 1 aromatic heterocycles. The van der Waals surface area contributed by atoms with Crippen LogP contribution in [0.25, 0.3) is 22.6 Å². The fourth-order valence-electron chi connectivity index (χ4n) is 3.25. The van der Waals surface area contributed by atoms with E-state index in [1.807, 2.05) is 42.5 Å². The predicted molar refractivity (Wildman–Crippen MR) is 141 cm³/mol. The monoisotopic (exact) mass is 555 g/mol. The first-order valence-electron chi connectivity index (χ1n) is 10.3. The molecule has 5 nitrogen and oxygen atoms in total. The van der Waals surface area contributed by atoms with Gasteiger partial charge in [-0.3, -0.25) is 10.1 Å². The minimum atomic E-state index is -0.251. The molecule has 4 rings (SSSR count). The number of fused-ring (bicyclic) bond motifs is 1. The van der Waals surface area contributed by atoms with Crippen molar-refractivity contribution < 1.29 is 9.21 Å². The van der Waals surface area contributed by atoms with Crippen molar-refractivity contribution in [3.63, 3.8) is 0 Å². The topological polar surface area (TPSA) is 67.2 Å². The van der Waals surface area contributed by atoms with Crippen molar-refractivity contribution in [1.82, 2.24) is 10.3 Å². The number of carbonyl (C=O) groups excluding carboxylic acids is 1. The number of nitrogens with zero attached hydrogens (tertiary/aromatic N) is 1.